The van der Waals surface area contributed by atoms with E-state index in [-0.39, 0.29) is 5.92 Å². The zero-order chi connectivity index (χ0) is 7.84. The average Bonchev–Trinajstić information content (AvgIpc) is 2.30. The molecule has 3 aliphatic heterocycles. The maximum atomic E-state index is 11.5. The zero-order valence-corrected chi connectivity index (χ0v) is 6.84. The van der Waals surface area contributed by atoms with E-state index in [9.17, 15) is 4.79 Å². The lowest BCUT2D eigenvalue weighted by atomic mass is 9.95. The van der Waals surface area contributed by atoms with Crippen molar-refractivity contribution in [2.75, 3.05) is 20.1 Å². The van der Waals surface area contributed by atoms with Crippen molar-refractivity contribution in [2.24, 2.45) is 5.92 Å². The van der Waals surface area contributed by atoms with Gasteiger partial charge >= 0.3 is 0 Å². The molecule has 3 rings (SSSR count). The number of nitrogens with zero attached hydrogens (tertiary/aromatic N) is 1. The van der Waals surface area contributed by atoms with E-state index in [4.69, 9.17) is 0 Å². The van der Waals surface area contributed by atoms with Crippen LogP contribution >= 0.6 is 0 Å². The molecule has 0 aromatic heterocycles. The molecule has 0 saturated carbocycles. The van der Waals surface area contributed by atoms with Gasteiger partial charge in [0.25, 0.3) is 0 Å². The Balaban J connectivity index is 2.21. The van der Waals surface area contributed by atoms with Crippen LogP contribution in [0.4, 0.5) is 0 Å². The summed E-state index contributed by atoms with van der Waals surface area (Å²) in [6, 6.07) is 0.459. The van der Waals surface area contributed by atoms with Crippen molar-refractivity contribution in [3.8, 4) is 0 Å². The fourth-order valence-corrected chi connectivity index (χ4v) is 2.03. The molecule has 0 radical (unpaired) electrons. The molecule has 0 spiro atoms. The zero-order valence-electron chi connectivity index (χ0n) is 6.84. The molecule has 3 heterocycles. The Bertz CT molecular complexity index is 173. The highest BCUT2D eigenvalue weighted by Crippen LogP contribution is 2.23. The molecule has 3 aliphatic rings. The van der Waals surface area contributed by atoms with E-state index < -0.39 is 0 Å². The molecular weight excluding hydrogens is 140 g/mol. The molecular formula is C8H14N2O. The summed E-state index contributed by atoms with van der Waals surface area (Å²) in [6.07, 6.45) is 2.26. The molecule has 11 heavy (non-hydrogen) atoms. The topological polar surface area (TPSA) is 32.3 Å². The van der Waals surface area contributed by atoms with Crippen molar-refractivity contribution < 1.29 is 4.79 Å². The molecule has 3 nitrogen and oxygen atoms in total. The largest absolute Gasteiger partial charge is 0.341 e. The molecule has 3 heteroatoms. The third-order valence-electron chi connectivity index (χ3n) is 2.86. The van der Waals surface area contributed by atoms with Gasteiger partial charge in [-0.2, -0.15) is 0 Å². The van der Waals surface area contributed by atoms with Gasteiger partial charge in [0.1, 0.15) is 0 Å². The Hall–Kier alpha value is -0.570. The highest BCUT2D eigenvalue weighted by atomic mass is 16.2. The minimum atomic E-state index is 0.263. The third-order valence-corrected chi connectivity index (χ3v) is 2.86. The Morgan fingerprint density at radius 2 is 2.27 bits per heavy atom. The first-order chi connectivity index (χ1) is 5.29. The van der Waals surface area contributed by atoms with E-state index in [0.717, 1.165) is 19.5 Å². The number of likely N-dealkylation sites (N-methyl/N-ethyl adjacent to an activating group) is 1. The molecule has 0 aliphatic carbocycles. The molecule has 3 saturated heterocycles. The molecule has 2 bridgehead atoms. The van der Waals surface area contributed by atoms with Crippen molar-refractivity contribution in [3.63, 3.8) is 0 Å². The number of piperidine rings is 1. The molecule has 0 aromatic rings. The third kappa shape index (κ3) is 1.03. The first-order valence-electron chi connectivity index (χ1n) is 4.26. The fraction of sp³-hybridized carbons (Fsp3) is 0.875. The van der Waals surface area contributed by atoms with Gasteiger partial charge in [0, 0.05) is 26.2 Å². The maximum absolute atomic E-state index is 11.5. The number of carbonyl (C=O) groups is 1. The lowest BCUT2D eigenvalue weighted by molar-refractivity contribution is -0.138. The van der Waals surface area contributed by atoms with Gasteiger partial charge in [-0.25, -0.2) is 0 Å². The number of hydrogen-bond acceptors (Lipinski definition) is 2. The average molecular weight is 154 g/mol. The summed E-state index contributed by atoms with van der Waals surface area (Å²) in [7, 11) is 1.92. The van der Waals surface area contributed by atoms with Gasteiger partial charge in [-0.15, -0.1) is 0 Å². The smallest absolute Gasteiger partial charge is 0.227 e. The van der Waals surface area contributed by atoms with E-state index in [1.807, 2.05) is 11.9 Å². The monoisotopic (exact) mass is 154 g/mol. The number of fused-ring (bicyclic) bond motifs is 4. The van der Waals surface area contributed by atoms with Gasteiger partial charge in [0.05, 0.1) is 5.92 Å². The second kappa shape index (κ2) is 2.48. The Labute approximate surface area is 66.8 Å². The van der Waals surface area contributed by atoms with E-state index in [1.165, 1.54) is 6.42 Å². The normalized spacial score (nSPS) is 37.5. The first kappa shape index (κ1) is 7.10. The number of hydrogen-bond donors (Lipinski definition) is 1. The van der Waals surface area contributed by atoms with E-state index in [1.54, 1.807) is 0 Å². The molecule has 0 unspecified atom stereocenters. The number of nitrogens with one attached hydrogen (secondary N) is 1. The quantitative estimate of drug-likeness (QED) is 0.525. The van der Waals surface area contributed by atoms with Crippen molar-refractivity contribution in [1.82, 2.24) is 10.2 Å². The van der Waals surface area contributed by atoms with Gasteiger partial charge in [-0.3, -0.25) is 4.79 Å². The lowest BCUT2D eigenvalue weighted by Crippen LogP contribution is -2.44. The predicted octanol–water partition coefficient (Wildman–Crippen LogP) is -0.173. The van der Waals surface area contributed by atoms with Crippen molar-refractivity contribution >= 4 is 5.91 Å². The lowest BCUT2D eigenvalue weighted by Gasteiger charge is -2.32. The Kier molecular flexibility index (Phi) is 1.60. The summed E-state index contributed by atoms with van der Waals surface area (Å²) in [6.45, 7) is 1.87. The Morgan fingerprint density at radius 1 is 1.45 bits per heavy atom. The minimum absolute atomic E-state index is 0.263. The molecule has 0 aromatic carbocycles. The van der Waals surface area contributed by atoms with E-state index in [0.29, 0.717) is 11.9 Å². The highest BCUT2D eigenvalue weighted by Gasteiger charge is 2.35. The van der Waals surface area contributed by atoms with Crippen LogP contribution < -0.4 is 5.32 Å². The van der Waals surface area contributed by atoms with Gasteiger partial charge in [-0.1, -0.05) is 0 Å². The molecule has 1 N–H and O–H groups in total. The van der Waals surface area contributed by atoms with Crippen molar-refractivity contribution in [3.05, 3.63) is 0 Å². The standard InChI is InChI=1S/C8H14N2O/c1-10-7-3-2-6(8(10)11)4-9-5-7/h6-7,9H,2-5H2,1H3/t6-,7+/m1/s1. The van der Waals surface area contributed by atoms with Crippen LogP contribution in [0.3, 0.4) is 0 Å². The number of rotatable bonds is 0. The van der Waals surface area contributed by atoms with Gasteiger partial charge < -0.3 is 10.2 Å². The van der Waals surface area contributed by atoms with Crippen LogP contribution in [0.25, 0.3) is 0 Å². The van der Waals surface area contributed by atoms with Crippen molar-refractivity contribution in [2.45, 2.75) is 18.9 Å². The van der Waals surface area contributed by atoms with Crippen molar-refractivity contribution in [1.29, 1.82) is 0 Å². The van der Waals surface area contributed by atoms with Gasteiger partial charge in [-0.05, 0) is 12.8 Å². The van der Waals surface area contributed by atoms with Gasteiger partial charge in [0.15, 0.2) is 0 Å². The molecule has 62 valence electrons. The second-order valence-corrected chi connectivity index (χ2v) is 3.54. The molecule has 2 atom stereocenters. The molecule has 1 amide bonds. The van der Waals surface area contributed by atoms with Crippen LogP contribution in [0.1, 0.15) is 12.8 Å². The number of carbonyl (C=O) groups excluding carboxylic acids is 1. The van der Waals surface area contributed by atoms with Crippen LogP contribution in [0.15, 0.2) is 0 Å². The van der Waals surface area contributed by atoms with Crippen LogP contribution in [-0.4, -0.2) is 37.0 Å². The van der Waals surface area contributed by atoms with E-state index in [2.05, 4.69) is 5.32 Å². The second-order valence-electron chi connectivity index (χ2n) is 3.54. The summed E-state index contributed by atoms with van der Waals surface area (Å²) < 4.78 is 0. The fourth-order valence-electron chi connectivity index (χ4n) is 2.03. The summed E-state index contributed by atoms with van der Waals surface area (Å²) in [5, 5.41) is 3.31. The highest BCUT2D eigenvalue weighted by molar-refractivity contribution is 5.80. The van der Waals surface area contributed by atoms with Crippen LogP contribution in [0.5, 0.6) is 0 Å². The molecule has 3 fully saturated rings. The Morgan fingerprint density at radius 3 is 3.09 bits per heavy atom. The van der Waals surface area contributed by atoms with E-state index >= 15 is 0 Å². The van der Waals surface area contributed by atoms with Crippen LogP contribution in [0.2, 0.25) is 0 Å². The summed E-state index contributed by atoms with van der Waals surface area (Å²) in [5.74, 6) is 0.602. The summed E-state index contributed by atoms with van der Waals surface area (Å²) in [5.41, 5.74) is 0. The van der Waals surface area contributed by atoms with Crippen LogP contribution in [0, 0.1) is 5.92 Å². The minimum Gasteiger partial charge on any atom is -0.341 e. The maximum Gasteiger partial charge on any atom is 0.227 e. The number of amides is 1. The SMILES string of the molecule is CN1C(=O)[C@@H]2CC[C@H]1CNC2. The summed E-state index contributed by atoms with van der Waals surface area (Å²) >= 11 is 0. The van der Waals surface area contributed by atoms with Gasteiger partial charge in [0.2, 0.25) is 5.91 Å². The first-order valence-corrected chi connectivity index (χ1v) is 4.26. The predicted molar refractivity (Wildman–Crippen MR) is 42.2 cm³/mol. The van der Waals surface area contributed by atoms with Crippen LogP contribution in [-0.2, 0) is 4.79 Å². The summed E-state index contributed by atoms with van der Waals surface area (Å²) in [4.78, 5) is 13.4.